The summed E-state index contributed by atoms with van der Waals surface area (Å²) in [4.78, 5) is 23.8. The summed E-state index contributed by atoms with van der Waals surface area (Å²) in [7, 11) is 3.91. The van der Waals surface area contributed by atoms with Gasteiger partial charge >= 0.3 is 6.16 Å². The van der Waals surface area contributed by atoms with Crippen molar-refractivity contribution in [1.29, 1.82) is 5.26 Å². The highest BCUT2D eigenvalue weighted by atomic mass is 16.7. The zero-order chi connectivity index (χ0) is 21.4. The van der Waals surface area contributed by atoms with E-state index in [-0.39, 0.29) is 29.4 Å². The smallest absolute Gasteiger partial charge is 0.493 e. The average molecular weight is 400 g/mol. The summed E-state index contributed by atoms with van der Waals surface area (Å²) < 4.78 is 25.3. The first-order valence-corrected chi connectivity index (χ1v) is 8.39. The van der Waals surface area contributed by atoms with Gasteiger partial charge in [0.15, 0.2) is 11.5 Å². The van der Waals surface area contributed by atoms with E-state index in [1.165, 1.54) is 39.5 Å². The normalized spacial score (nSPS) is 10.7. The van der Waals surface area contributed by atoms with Crippen LogP contribution in [0.1, 0.15) is 17.1 Å². The minimum absolute atomic E-state index is 0.00940. The van der Waals surface area contributed by atoms with Crippen LogP contribution >= 0.6 is 0 Å². The molecule has 2 aromatic rings. The van der Waals surface area contributed by atoms with Crippen molar-refractivity contribution in [2.45, 2.75) is 13.5 Å². The SMILES string of the molecule is COC(=O)Oc1c(OC)cc(/C=C(\C#N)C(=O)NCc2ccc(C)o2)cc1OC. The number of nitriles is 1. The van der Waals surface area contributed by atoms with Gasteiger partial charge < -0.3 is 28.7 Å². The minimum atomic E-state index is -0.949. The minimum Gasteiger partial charge on any atom is -0.493 e. The van der Waals surface area contributed by atoms with Crippen LogP contribution in [0, 0.1) is 18.3 Å². The van der Waals surface area contributed by atoms with E-state index in [1.54, 1.807) is 19.1 Å². The van der Waals surface area contributed by atoms with E-state index in [0.29, 0.717) is 11.3 Å². The standard InChI is InChI=1S/C20H20N2O7/c1-12-5-6-15(28-12)11-22-19(23)14(10-21)7-13-8-16(25-2)18(17(9-13)26-3)29-20(24)27-4/h5-9H,11H2,1-4H3,(H,22,23)/b14-7+. The fourth-order valence-electron chi connectivity index (χ4n) is 2.37. The molecule has 0 spiro atoms. The molecule has 0 saturated carbocycles. The molecule has 1 aromatic heterocycles. The summed E-state index contributed by atoms with van der Waals surface area (Å²) in [6.45, 7) is 1.94. The molecule has 9 heteroatoms. The molecule has 152 valence electrons. The van der Waals surface area contributed by atoms with Crippen LogP contribution in [0.25, 0.3) is 6.08 Å². The van der Waals surface area contributed by atoms with E-state index in [0.717, 1.165) is 5.76 Å². The molecule has 0 bridgehead atoms. The zero-order valence-electron chi connectivity index (χ0n) is 16.4. The Bertz CT molecular complexity index is 944. The van der Waals surface area contributed by atoms with E-state index >= 15 is 0 Å². The second-order valence-electron chi connectivity index (χ2n) is 5.68. The molecule has 29 heavy (non-hydrogen) atoms. The van der Waals surface area contributed by atoms with Gasteiger partial charge in [0.25, 0.3) is 5.91 Å². The molecule has 1 N–H and O–H groups in total. The van der Waals surface area contributed by atoms with Crippen LogP contribution in [0.3, 0.4) is 0 Å². The highest BCUT2D eigenvalue weighted by Crippen LogP contribution is 2.39. The van der Waals surface area contributed by atoms with Crippen molar-refractivity contribution in [3.05, 3.63) is 46.9 Å². The van der Waals surface area contributed by atoms with Gasteiger partial charge in [-0.1, -0.05) is 0 Å². The maximum Gasteiger partial charge on any atom is 0.513 e. The van der Waals surface area contributed by atoms with Crippen LogP contribution in [0.4, 0.5) is 4.79 Å². The van der Waals surface area contributed by atoms with Crippen LogP contribution in [-0.2, 0) is 16.1 Å². The van der Waals surface area contributed by atoms with E-state index in [9.17, 15) is 14.9 Å². The second kappa shape index (κ2) is 9.85. The number of benzene rings is 1. The largest absolute Gasteiger partial charge is 0.513 e. The van der Waals surface area contributed by atoms with Crippen molar-refractivity contribution < 1.29 is 33.0 Å². The fraction of sp³-hybridized carbons (Fsp3) is 0.250. The molecule has 0 fully saturated rings. The summed E-state index contributed by atoms with van der Waals surface area (Å²) in [5.41, 5.74) is 0.287. The number of aryl methyl sites for hydroxylation is 1. The lowest BCUT2D eigenvalue weighted by molar-refractivity contribution is -0.117. The lowest BCUT2D eigenvalue weighted by atomic mass is 10.1. The molecule has 1 heterocycles. The number of hydrogen-bond acceptors (Lipinski definition) is 8. The molecule has 0 aliphatic rings. The van der Waals surface area contributed by atoms with Gasteiger partial charge in [-0.05, 0) is 42.8 Å². The Hall–Kier alpha value is -3.93. The van der Waals surface area contributed by atoms with Crippen molar-refractivity contribution in [3.8, 4) is 23.3 Å². The molecule has 0 radical (unpaired) electrons. The van der Waals surface area contributed by atoms with Gasteiger partial charge in [0.05, 0.1) is 27.9 Å². The van der Waals surface area contributed by atoms with Crippen molar-refractivity contribution in [2.24, 2.45) is 0 Å². The molecule has 1 aromatic carbocycles. The Labute approximate surface area is 167 Å². The van der Waals surface area contributed by atoms with Gasteiger partial charge in [-0.15, -0.1) is 0 Å². The Morgan fingerprint density at radius 3 is 2.31 bits per heavy atom. The van der Waals surface area contributed by atoms with E-state index < -0.39 is 12.1 Å². The van der Waals surface area contributed by atoms with E-state index in [1.807, 2.05) is 6.07 Å². The number of nitrogens with one attached hydrogen (secondary N) is 1. The van der Waals surface area contributed by atoms with Crippen molar-refractivity contribution in [1.82, 2.24) is 5.32 Å². The lowest BCUT2D eigenvalue weighted by Crippen LogP contribution is -2.23. The molecule has 1 amide bonds. The zero-order valence-corrected chi connectivity index (χ0v) is 16.4. The summed E-state index contributed by atoms with van der Waals surface area (Å²) in [5, 5.41) is 12.0. The monoisotopic (exact) mass is 400 g/mol. The molecule has 0 unspecified atom stereocenters. The number of rotatable bonds is 7. The van der Waals surface area contributed by atoms with Crippen LogP contribution in [0.2, 0.25) is 0 Å². The van der Waals surface area contributed by atoms with Gasteiger partial charge in [-0.3, -0.25) is 4.79 Å². The first kappa shape index (κ1) is 21.4. The molecular formula is C20H20N2O7. The number of methoxy groups -OCH3 is 3. The number of hydrogen-bond donors (Lipinski definition) is 1. The predicted molar refractivity (Wildman–Crippen MR) is 101 cm³/mol. The first-order chi connectivity index (χ1) is 13.9. The third kappa shape index (κ3) is 5.52. The number of amides is 1. The maximum absolute atomic E-state index is 12.3. The molecule has 0 aliphatic heterocycles. The Morgan fingerprint density at radius 2 is 1.83 bits per heavy atom. The first-order valence-electron chi connectivity index (χ1n) is 8.39. The Morgan fingerprint density at radius 1 is 1.17 bits per heavy atom. The average Bonchev–Trinajstić information content (AvgIpc) is 3.15. The summed E-state index contributed by atoms with van der Waals surface area (Å²) in [6, 6.07) is 8.34. The quantitative estimate of drug-likeness (QED) is 0.326. The number of carbonyl (C=O) groups is 2. The number of furan rings is 1. The highest BCUT2D eigenvalue weighted by molar-refractivity contribution is 6.01. The van der Waals surface area contributed by atoms with E-state index in [4.69, 9.17) is 18.6 Å². The van der Waals surface area contributed by atoms with Gasteiger partial charge in [-0.2, -0.15) is 5.26 Å². The predicted octanol–water partition coefficient (Wildman–Crippen LogP) is 2.97. The summed E-state index contributed by atoms with van der Waals surface area (Å²) in [6.07, 6.45) is 0.408. The summed E-state index contributed by atoms with van der Waals surface area (Å²) >= 11 is 0. The third-order valence-electron chi connectivity index (χ3n) is 3.73. The second-order valence-corrected chi connectivity index (χ2v) is 5.68. The van der Waals surface area contributed by atoms with Crippen molar-refractivity contribution in [2.75, 3.05) is 21.3 Å². The molecule has 9 nitrogen and oxygen atoms in total. The van der Waals surface area contributed by atoms with Crippen LogP contribution in [-0.4, -0.2) is 33.4 Å². The molecule has 0 aliphatic carbocycles. The Kier molecular flexibility index (Phi) is 7.26. The maximum atomic E-state index is 12.3. The number of carbonyl (C=O) groups excluding carboxylic acids is 2. The molecular weight excluding hydrogens is 380 g/mol. The van der Waals surface area contributed by atoms with Crippen LogP contribution < -0.4 is 19.5 Å². The summed E-state index contributed by atoms with van der Waals surface area (Å²) in [5.74, 6) is 1.04. The van der Waals surface area contributed by atoms with E-state index in [2.05, 4.69) is 10.1 Å². The Balaban J connectivity index is 2.28. The van der Waals surface area contributed by atoms with Crippen molar-refractivity contribution >= 4 is 18.1 Å². The topological polar surface area (TPSA) is 120 Å². The lowest BCUT2D eigenvalue weighted by Gasteiger charge is -2.13. The highest BCUT2D eigenvalue weighted by Gasteiger charge is 2.18. The van der Waals surface area contributed by atoms with Gasteiger partial charge in [0, 0.05) is 0 Å². The number of ether oxygens (including phenoxy) is 4. The molecule has 2 rings (SSSR count). The van der Waals surface area contributed by atoms with Crippen LogP contribution in [0.15, 0.2) is 34.3 Å². The number of nitrogens with zero attached hydrogens (tertiary/aromatic N) is 1. The van der Waals surface area contributed by atoms with Gasteiger partial charge in [0.1, 0.15) is 23.2 Å². The van der Waals surface area contributed by atoms with Gasteiger partial charge in [0.2, 0.25) is 5.75 Å². The molecule has 0 saturated heterocycles. The fourth-order valence-corrected chi connectivity index (χ4v) is 2.37. The van der Waals surface area contributed by atoms with Gasteiger partial charge in [-0.25, -0.2) is 4.79 Å². The molecule has 0 atom stereocenters. The van der Waals surface area contributed by atoms with Crippen molar-refractivity contribution in [3.63, 3.8) is 0 Å². The third-order valence-corrected chi connectivity index (χ3v) is 3.73. The van der Waals surface area contributed by atoms with Crippen LogP contribution in [0.5, 0.6) is 17.2 Å².